The van der Waals surface area contributed by atoms with Gasteiger partial charge in [-0.25, -0.2) is 0 Å². The third kappa shape index (κ3) is 5.45. The van der Waals surface area contributed by atoms with E-state index in [2.05, 4.69) is 10.1 Å². The van der Waals surface area contributed by atoms with Crippen LogP contribution < -0.4 is 4.74 Å². The van der Waals surface area contributed by atoms with Crippen LogP contribution >= 0.6 is 0 Å². The van der Waals surface area contributed by atoms with Crippen LogP contribution in [-0.2, 0) is 16.0 Å². The third-order valence-electron chi connectivity index (χ3n) is 5.93. The lowest BCUT2D eigenvalue weighted by Gasteiger charge is -2.45. The first-order chi connectivity index (χ1) is 13.2. The molecule has 7 heteroatoms. The first-order valence-corrected chi connectivity index (χ1v) is 10.2. The minimum atomic E-state index is 0.162. The fraction of sp³-hybridized carbons (Fsp3) is 0.800. The molecule has 1 aromatic heterocycles. The molecule has 7 nitrogen and oxygen atoms in total. The van der Waals surface area contributed by atoms with Crippen LogP contribution in [0.15, 0.2) is 10.6 Å². The van der Waals surface area contributed by atoms with Gasteiger partial charge in [0.25, 0.3) is 5.88 Å². The summed E-state index contributed by atoms with van der Waals surface area (Å²) in [6, 6.07) is 2.39. The average molecular weight is 380 g/mol. The van der Waals surface area contributed by atoms with Gasteiger partial charge in [-0.3, -0.25) is 4.79 Å². The Kier molecular flexibility index (Phi) is 7.52. The van der Waals surface area contributed by atoms with Crippen LogP contribution in [0.25, 0.3) is 0 Å². The fourth-order valence-corrected chi connectivity index (χ4v) is 4.49. The summed E-state index contributed by atoms with van der Waals surface area (Å²) in [5.74, 6) is 1.87. The second kappa shape index (κ2) is 10.1. The molecule has 0 N–H and O–H groups in total. The normalized spacial score (nSPS) is 23.0. The van der Waals surface area contributed by atoms with Crippen LogP contribution in [0.1, 0.15) is 44.3 Å². The van der Waals surface area contributed by atoms with Crippen LogP contribution in [0, 0.1) is 5.92 Å². The summed E-state index contributed by atoms with van der Waals surface area (Å²) >= 11 is 0. The zero-order chi connectivity index (χ0) is 19.1. The van der Waals surface area contributed by atoms with Crippen molar-refractivity contribution in [2.45, 2.75) is 51.0 Å². The van der Waals surface area contributed by atoms with Crippen LogP contribution in [0.2, 0.25) is 0 Å². The van der Waals surface area contributed by atoms with Crippen molar-refractivity contribution in [3.63, 3.8) is 0 Å². The Balaban J connectivity index is 1.57. The van der Waals surface area contributed by atoms with Gasteiger partial charge < -0.3 is 23.8 Å². The highest BCUT2D eigenvalue weighted by atomic mass is 16.5. The van der Waals surface area contributed by atoms with E-state index in [4.69, 9.17) is 14.0 Å². The molecule has 2 atom stereocenters. The predicted molar refractivity (Wildman–Crippen MR) is 102 cm³/mol. The number of carbonyl (C=O) groups excluding carboxylic acids is 1. The minimum absolute atomic E-state index is 0.162. The van der Waals surface area contributed by atoms with Gasteiger partial charge in [0.1, 0.15) is 5.76 Å². The second-order valence-corrected chi connectivity index (χ2v) is 7.67. The Hall–Kier alpha value is -1.60. The number of hydrogen-bond acceptors (Lipinski definition) is 6. The van der Waals surface area contributed by atoms with Gasteiger partial charge >= 0.3 is 0 Å². The molecule has 3 rings (SSSR count). The summed E-state index contributed by atoms with van der Waals surface area (Å²) < 4.78 is 15.5. The molecule has 0 unspecified atom stereocenters. The van der Waals surface area contributed by atoms with Gasteiger partial charge in [-0.15, -0.1) is 0 Å². The molecule has 0 aliphatic carbocycles. The van der Waals surface area contributed by atoms with E-state index in [1.807, 2.05) is 4.90 Å². The number of aryl methyl sites for hydroxylation is 1. The first kappa shape index (κ1) is 20.1. The highest BCUT2D eigenvalue weighted by molar-refractivity contribution is 5.76. The maximum Gasteiger partial charge on any atom is 0.254 e. The maximum absolute atomic E-state index is 12.9. The van der Waals surface area contributed by atoms with E-state index >= 15 is 0 Å². The van der Waals surface area contributed by atoms with Crippen molar-refractivity contribution in [2.75, 3.05) is 47.0 Å². The van der Waals surface area contributed by atoms with Gasteiger partial charge in [0.05, 0.1) is 13.7 Å². The third-order valence-corrected chi connectivity index (χ3v) is 5.93. The molecular weight excluding hydrogens is 346 g/mol. The molecular formula is C20H33N3O4. The number of ether oxygens (including phenoxy) is 2. The van der Waals surface area contributed by atoms with E-state index < -0.39 is 0 Å². The van der Waals surface area contributed by atoms with Crippen LogP contribution in [0.3, 0.4) is 0 Å². The topological polar surface area (TPSA) is 68.0 Å². The van der Waals surface area contributed by atoms with Gasteiger partial charge in [-0.2, -0.15) is 0 Å². The lowest BCUT2D eigenvalue weighted by Crippen LogP contribution is -2.52. The second-order valence-electron chi connectivity index (χ2n) is 7.67. The smallest absolute Gasteiger partial charge is 0.254 e. The number of piperidine rings is 2. The van der Waals surface area contributed by atoms with Crippen molar-refractivity contribution < 1.29 is 18.8 Å². The van der Waals surface area contributed by atoms with Crippen molar-refractivity contribution in [1.29, 1.82) is 0 Å². The Morgan fingerprint density at radius 1 is 1.30 bits per heavy atom. The Morgan fingerprint density at radius 2 is 2.15 bits per heavy atom. The molecule has 0 aromatic carbocycles. The van der Waals surface area contributed by atoms with E-state index in [1.54, 1.807) is 20.3 Å². The van der Waals surface area contributed by atoms with Gasteiger partial charge in [0.15, 0.2) is 0 Å². The Labute approximate surface area is 161 Å². The molecule has 1 amide bonds. The van der Waals surface area contributed by atoms with Gasteiger partial charge in [0.2, 0.25) is 5.91 Å². The van der Waals surface area contributed by atoms with Crippen molar-refractivity contribution in [1.82, 2.24) is 15.0 Å². The lowest BCUT2D eigenvalue weighted by molar-refractivity contribution is -0.133. The number of amides is 1. The lowest BCUT2D eigenvalue weighted by atomic mass is 9.83. The van der Waals surface area contributed by atoms with Crippen LogP contribution in [0.5, 0.6) is 5.88 Å². The summed E-state index contributed by atoms with van der Waals surface area (Å²) in [7, 11) is 3.24. The number of hydrogen-bond donors (Lipinski definition) is 0. The Bertz CT molecular complexity index is 590. The summed E-state index contributed by atoms with van der Waals surface area (Å²) in [5, 5.41) is 3.80. The SMILES string of the molecule is COCCN(C[C@H]1CCCN2CCCC[C@H]12)C(=O)CCc1cc(OC)no1. The zero-order valence-corrected chi connectivity index (χ0v) is 16.7. The Morgan fingerprint density at radius 3 is 2.93 bits per heavy atom. The van der Waals surface area contributed by atoms with E-state index in [-0.39, 0.29) is 5.91 Å². The average Bonchev–Trinajstić information content (AvgIpc) is 3.17. The molecule has 1 aromatic rings. The quantitative estimate of drug-likeness (QED) is 0.656. The number of fused-ring (bicyclic) bond motifs is 1. The molecule has 3 heterocycles. The number of carbonyl (C=O) groups is 1. The molecule has 2 aliphatic rings. The number of aromatic nitrogens is 1. The zero-order valence-electron chi connectivity index (χ0n) is 16.7. The summed E-state index contributed by atoms with van der Waals surface area (Å²) in [5.41, 5.74) is 0. The molecule has 0 bridgehead atoms. The number of nitrogens with zero attached hydrogens (tertiary/aromatic N) is 3. The predicted octanol–water partition coefficient (Wildman–Crippen LogP) is 2.36. The molecule has 27 heavy (non-hydrogen) atoms. The summed E-state index contributed by atoms with van der Waals surface area (Å²) in [6.45, 7) is 4.51. The molecule has 2 fully saturated rings. The maximum atomic E-state index is 12.9. The monoisotopic (exact) mass is 379 g/mol. The standard InChI is InChI=1S/C20H33N3O4/c1-25-13-12-23(20(24)9-8-17-14-19(26-2)21-27-17)15-16-6-5-11-22-10-4-3-7-18(16)22/h14,16,18H,3-13,15H2,1-2H3/t16-,18-/m1/s1. The van der Waals surface area contributed by atoms with Crippen molar-refractivity contribution in [2.24, 2.45) is 5.92 Å². The van der Waals surface area contributed by atoms with E-state index in [1.165, 1.54) is 45.2 Å². The van der Waals surface area contributed by atoms with Crippen LogP contribution in [0.4, 0.5) is 0 Å². The highest BCUT2D eigenvalue weighted by Crippen LogP contribution is 2.31. The first-order valence-electron chi connectivity index (χ1n) is 10.2. The van der Waals surface area contributed by atoms with E-state index in [0.29, 0.717) is 49.6 Å². The van der Waals surface area contributed by atoms with Crippen molar-refractivity contribution >= 4 is 5.91 Å². The van der Waals surface area contributed by atoms with Crippen LogP contribution in [-0.4, -0.2) is 73.9 Å². The number of methoxy groups -OCH3 is 2. The molecule has 0 radical (unpaired) electrons. The van der Waals surface area contributed by atoms with E-state index in [0.717, 1.165) is 6.54 Å². The summed E-state index contributed by atoms with van der Waals surface area (Å²) in [6.07, 6.45) is 7.33. The molecule has 0 saturated carbocycles. The highest BCUT2D eigenvalue weighted by Gasteiger charge is 2.34. The molecule has 152 valence electrons. The molecule has 0 spiro atoms. The van der Waals surface area contributed by atoms with Crippen molar-refractivity contribution in [3.05, 3.63) is 11.8 Å². The van der Waals surface area contributed by atoms with Gasteiger partial charge in [0, 0.05) is 45.1 Å². The summed E-state index contributed by atoms with van der Waals surface area (Å²) in [4.78, 5) is 17.5. The van der Waals surface area contributed by atoms with Gasteiger partial charge in [-0.1, -0.05) is 6.42 Å². The minimum Gasteiger partial charge on any atom is -0.479 e. The molecule has 2 aliphatic heterocycles. The molecule has 2 saturated heterocycles. The van der Waals surface area contributed by atoms with Crippen molar-refractivity contribution in [3.8, 4) is 5.88 Å². The number of rotatable bonds is 9. The fourth-order valence-electron chi connectivity index (χ4n) is 4.49. The van der Waals surface area contributed by atoms with Gasteiger partial charge in [-0.05, 0) is 49.8 Å². The largest absolute Gasteiger partial charge is 0.479 e. The van der Waals surface area contributed by atoms with E-state index in [9.17, 15) is 4.79 Å².